The maximum absolute atomic E-state index is 12.8. The van der Waals surface area contributed by atoms with Crippen molar-refractivity contribution in [3.63, 3.8) is 0 Å². The van der Waals surface area contributed by atoms with Crippen LogP contribution in [0.1, 0.15) is 25.0 Å². The minimum absolute atomic E-state index is 0.121. The van der Waals surface area contributed by atoms with Crippen molar-refractivity contribution in [3.05, 3.63) is 30.0 Å². The van der Waals surface area contributed by atoms with E-state index in [-0.39, 0.29) is 5.91 Å². The molecule has 1 aromatic heterocycles. The number of hydrogen-bond donors (Lipinski definition) is 0. The van der Waals surface area contributed by atoms with Gasteiger partial charge in [0.25, 0.3) is 5.91 Å². The van der Waals surface area contributed by atoms with Crippen LogP contribution in [0.2, 0.25) is 0 Å². The molecule has 2 saturated heterocycles. The topological polar surface area (TPSA) is 58.6 Å². The number of fused-ring (bicyclic) bond motifs is 1. The molecule has 2 aromatic rings. The van der Waals surface area contributed by atoms with Gasteiger partial charge in [-0.05, 0) is 38.3 Å². The van der Waals surface area contributed by atoms with Crippen LogP contribution in [0.4, 0.5) is 5.82 Å². The first-order valence-electron chi connectivity index (χ1n) is 9.11. The second kappa shape index (κ2) is 6.96. The van der Waals surface area contributed by atoms with Gasteiger partial charge >= 0.3 is 0 Å². The number of likely N-dealkylation sites (tertiary alicyclic amines) is 1. The molecule has 0 radical (unpaired) electrons. The molecule has 6 nitrogen and oxygen atoms in total. The highest BCUT2D eigenvalue weighted by atomic mass is 16.5. The molecule has 0 aliphatic carbocycles. The van der Waals surface area contributed by atoms with Crippen LogP contribution in [-0.4, -0.2) is 59.7 Å². The number of ether oxygens (including phenoxy) is 1. The third-order valence-electron chi connectivity index (χ3n) is 5.03. The highest BCUT2D eigenvalue weighted by Gasteiger charge is 2.32. The molecule has 3 heterocycles. The van der Waals surface area contributed by atoms with Gasteiger partial charge in [-0.3, -0.25) is 4.79 Å². The Morgan fingerprint density at radius 3 is 2.56 bits per heavy atom. The maximum Gasteiger partial charge on any atom is 0.253 e. The van der Waals surface area contributed by atoms with Gasteiger partial charge in [-0.25, -0.2) is 9.97 Å². The Morgan fingerprint density at radius 2 is 1.80 bits per heavy atom. The molecule has 25 heavy (non-hydrogen) atoms. The summed E-state index contributed by atoms with van der Waals surface area (Å²) < 4.78 is 5.79. The Labute approximate surface area is 147 Å². The lowest BCUT2D eigenvalue weighted by atomic mass is 10.1. The van der Waals surface area contributed by atoms with E-state index in [1.807, 2.05) is 36.1 Å². The Morgan fingerprint density at radius 1 is 1.08 bits per heavy atom. The molecule has 1 amide bonds. The Bertz CT molecular complexity index is 773. The number of carbonyl (C=O) groups is 1. The van der Waals surface area contributed by atoms with Crippen molar-refractivity contribution in [2.45, 2.75) is 32.3 Å². The third-order valence-corrected chi connectivity index (χ3v) is 5.03. The molecule has 2 aliphatic heterocycles. The van der Waals surface area contributed by atoms with Gasteiger partial charge in [-0.15, -0.1) is 0 Å². The fourth-order valence-corrected chi connectivity index (χ4v) is 3.69. The fourth-order valence-electron chi connectivity index (χ4n) is 3.69. The minimum atomic E-state index is -0.403. The van der Waals surface area contributed by atoms with Gasteiger partial charge in [-0.2, -0.15) is 0 Å². The van der Waals surface area contributed by atoms with E-state index in [1.54, 1.807) is 0 Å². The number of aryl methyl sites for hydroxylation is 1. The molecule has 6 heteroatoms. The van der Waals surface area contributed by atoms with Crippen molar-refractivity contribution in [2.24, 2.45) is 0 Å². The van der Waals surface area contributed by atoms with E-state index in [4.69, 9.17) is 9.72 Å². The van der Waals surface area contributed by atoms with E-state index < -0.39 is 6.10 Å². The number of amides is 1. The van der Waals surface area contributed by atoms with Crippen molar-refractivity contribution < 1.29 is 9.53 Å². The van der Waals surface area contributed by atoms with E-state index in [0.29, 0.717) is 13.2 Å². The summed E-state index contributed by atoms with van der Waals surface area (Å²) in [7, 11) is 0. The first kappa shape index (κ1) is 16.3. The van der Waals surface area contributed by atoms with E-state index in [1.165, 1.54) is 6.42 Å². The second-order valence-corrected chi connectivity index (χ2v) is 6.81. The molecule has 0 N–H and O–H groups in total. The predicted octanol–water partition coefficient (Wildman–Crippen LogP) is 2.16. The van der Waals surface area contributed by atoms with Gasteiger partial charge in [0.1, 0.15) is 0 Å². The molecule has 4 rings (SSSR count). The lowest BCUT2D eigenvalue weighted by Gasteiger charge is -2.37. The average molecular weight is 340 g/mol. The Kier molecular flexibility index (Phi) is 4.53. The van der Waals surface area contributed by atoms with E-state index >= 15 is 0 Å². The average Bonchev–Trinajstić information content (AvgIpc) is 2.67. The molecule has 132 valence electrons. The first-order chi connectivity index (χ1) is 12.2. The molecular formula is C19H24N4O2. The largest absolute Gasteiger partial charge is 0.365 e. The Balaban J connectivity index is 1.54. The molecular weight excluding hydrogens is 316 g/mol. The standard InChI is InChI=1S/C19H24N4O2/c1-14-18(21-16-8-4-3-7-15(16)20-14)23-11-12-25-17(13-23)19(24)22-9-5-2-6-10-22/h3-4,7-8,17H,2,5-6,9-13H2,1H3. The molecule has 2 aliphatic rings. The summed E-state index contributed by atoms with van der Waals surface area (Å²) in [5.41, 5.74) is 2.68. The fraction of sp³-hybridized carbons (Fsp3) is 0.526. The summed E-state index contributed by atoms with van der Waals surface area (Å²) in [4.78, 5) is 26.3. The number of carbonyl (C=O) groups excluding carboxylic acids is 1. The molecule has 0 saturated carbocycles. The van der Waals surface area contributed by atoms with Crippen LogP contribution in [0.15, 0.2) is 24.3 Å². The van der Waals surface area contributed by atoms with Crippen molar-refractivity contribution in [1.82, 2.24) is 14.9 Å². The quantitative estimate of drug-likeness (QED) is 0.838. The number of piperidine rings is 1. The summed E-state index contributed by atoms with van der Waals surface area (Å²) >= 11 is 0. The van der Waals surface area contributed by atoms with Gasteiger partial charge < -0.3 is 14.5 Å². The SMILES string of the molecule is Cc1nc2ccccc2nc1N1CCOC(C(=O)N2CCCCC2)C1. The third kappa shape index (κ3) is 3.31. The number of para-hydroxylation sites is 2. The number of aromatic nitrogens is 2. The first-order valence-corrected chi connectivity index (χ1v) is 9.11. The van der Waals surface area contributed by atoms with Crippen molar-refractivity contribution in [1.29, 1.82) is 0 Å². The Hall–Kier alpha value is -2.21. The van der Waals surface area contributed by atoms with Crippen molar-refractivity contribution in [3.8, 4) is 0 Å². The molecule has 2 fully saturated rings. The van der Waals surface area contributed by atoms with Gasteiger partial charge in [0, 0.05) is 19.6 Å². The number of hydrogen-bond acceptors (Lipinski definition) is 5. The lowest BCUT2D eigenvalue weighted by Crippen LogP contribution is -2.52. The number of rotatable bonds is 2. The van der Waals surface area contributed by atoms with Crippen LogP contribution in [0, 0.1) is 6.92 Å². The van der Waals surface area contributed by atoms with E-state index in [2.05, 4.69) is 9.88 Å². The summed E-state index contributed by atoms with van der Waals surface area (Å²) in [5, 5.41) is 0. The maximum atomic E-state index is 12.8. The molecule has 1 aromatic carbocycles. The van der Waals surface area contributed by atoms with Gasteiger partial charge in [0.05, 0.1) is 29.9 Å². The number of nitrogens with zero attached hydrogens (tertiary/aromatic N) is 4. The van der Waals surface area contributed by atoms with E-state index in [0.717, 1.165) is 55.0 Å². The highest BCUT2D eigenvalue weighted by Crippen LogP contribution is 2.23. The number of benzene rings is 1. The van der Waals surface area contributed by atoms with Crippen molar-refractivity contribution >= 4 is 22.8 Å². The summed E-state index contributed by atoms with van der Waals surface area (Å²) in [6, 6.07) is 7.89. The minimum Gasteiger partial charge on any atom is -0.365 e. The summed E-state index contributed by atoms with van der Waals surface area (Å²) in [6.07, 6.45) is 3.00. The molecule has 0 bridgehead atoms. The monoisotopic (exact) mass is 340 g/mol. The normalized spacial score (nSPS) is 21.6. The zero-order valence-corrected chi connectivity index (χ0v) is 14.6. The van der Waals surface area contributed by atoms with Crippen LogP contribution in [0.5, 0.6) is 0 Å². The van der Waals surface area contributed by atoms with Crippen LogP contribution in [-0.2, 0) is 9.53 Å². The van der Waals surface area contributed by atoms with Crippen molar-refractivity contribution in [2.75, 3.05) is 37.7 Å². The van der Waals surface area contributed by atoms with Gasteiger partial charge in [0.15, 0.2) is 11.9 Å². The molecule has 0 spiro atoms. The lowest BCUT2D eigenvalue weighted by molar-refractivity contribution is -0.145. The smallest absolute Gasteiger partial charge is 0.253 e. The second-order valence-electron chi connectivity index (χ2n) is 6.81. The van der Waals surface area contributed by atoms with Crippen LogP contribution >= 0.6 is 0 Å². The summed E-state index contributed by atoms with van der Waals surface area (Å²) in [5.74, 6) is 0.981. The highest BCUT2D eigenvalue weighted by molar-refractivity contribution is 5.82. The molecule has 1 atom stereocenters. The number of anilines is 1. The zero-order chi connectivity index (χ0) is 17.2. The van der Waals surface area contributed by atoms with E-state index in [9.17, 15) is 4.79 Å². The molecule has 1 unspecified atom stereocenters. The zero-order valence-electron chi connectivity index (χ0n) is 14.6. The van der Waals surface area contributed by atoms with Gasteiger partial charge in [-0.1, -0.05) is 12.1 Å². The van der Waals surface area contributed by atoms with Crippen LogP contribution in [0.3, 0.4) is 0 Å². The van der Waals surface area contributed by atoms with Crippen LogP contribution in [0.25, 0.3) is 11.0 Å². The number of morpholine rings is 1. The summed E-state index contributed by atoms with van der Waals surface area (Å²) in [6.45, 7) is 5.51. The van der Waals surface area contributed by atoms with Gasteiger partial charge in [0.2, 0.25) is 0 Å². The van der Waals surface area contributed by atoms with Crippen LogP contribution < -0.4 is 4.90 Å². The predicted molar refractivity (Wildman–Crippen MR) is 96.7 cm³/mol.